The lowest BCUT2D eigenvalue weighted by Gasteiger charge is -2.55. The van der Waals surface area contributed by atoms with E-state index in [2.05, 4.69) is 37.2 Å². The van der Waals surface area contributed by atoms with Crippen LogP contribution in [0, 0.1) is 11.8 Å². The second-order valence-electron chi connectivity index (χ2n) is 9.85. The number of carbonyl (C=O) groups is 3. The van der Waals surface area contributed by atoms with Gasteiger partial charge in [-0.05, 0) is 52.6 Å². The molecule has 1 aliphatic heterocycles. The van der Waals surface area contributed by atoms with E-state index in [4.69, 9.17) is 0 Å². The molecule has 1 N–H and O–H groups in total. The standard InChI is InChI=1S/C31H20Br2N2O3/c32-30-21-13-4-5-14-22(21)31(33,24-16-7-6-15-23(24)30)26-25(30)28(37)35(29(26)38)20-12-8-11-19(17-20)34-27(36)18-9-2-1-3-10-18/h1-17,25-26H,(H,34,36)/t25-,26-,30?,31?/m1/s1. The molecule has 186 valence electrons. The van der Waals surface area contributed by atoms with Crippen LogP contribution in [-0.4, -0.2) is 17.7 Å². The third-order valence-electron chi connectivity index (χ3n) is 7.98. The van der Waals surface area contributed by atoms with E-state index in [9.17, 15) is 14.4 Å². The number of benzene rings is 4. The van der Waals surface area contributed by atoms with Gasteiger partial charge in [0.15, 0.2) is 0 Å². The summed E-state index contributed by atoms with van der Waals surface area (Å²) in [6.07, 6.45) is 0. The molecule has 7 heteroatoms. The van der Waals surface area contributed by atoms with E-state index in [1.165, 1.54) is 4.90 Å². The van der Waals surface area contributed by atoms with E-state index >= 15 is 0 Å². The quantitative estimate of drug-likeness (QED) is 0.213. The Labute approximate surface area is 236 Å². The molecular formula is C31H20Br2N2O3. The molecule has 8 rings (SSSR count). The van der Waals surface area contributed by atoms with Gasteiger partial charge in [0.1, 0.15) is 0 Å². The smallest absolute Gasteiger partial charge is 0.255 e. The third-order valence-corrected chi connectivity index (χ3v) is 10.7. The zero-order valence-electron chi connectivity index (χ0n) is 19.9. The van der Waals surface area contributed by atoms with E-state index in [0.717, 1.165) is 22.3 Å². The number of imide groups is 1. The number of hydrogen-bond donors (Lipinski definition) is 1. The van der Waals surface area contributed by atoms with Crippen LogP contribution in [0.5, 0.6) is 0 Å². The van der Waals surface area contributed by atoms with Crippen LogP contribution in [0.2, 0.25) is 0 Å². The van der Waals surface area contributed by atoms with Crippen molar-refractivity contribution in [2.45, 2.75) is 8.65 Å². The molecule has 0 radical (unpaired) electrons. The van der Waals surface area contributed by atoms with E-state index in [1.54, 1.807) is 48.5 Å². The SMILES string of the molecule is O=C(Nc1cccc(N2C(=O)[C@H]3[C@H](C2=O)C2(Br)c4ccccc4C3(Br)c3ccccc32)c1)c1ccccc1. The lowest BCUT2D eigenvalue weighted by atomic mass is 9.54. The number of alkyl halides is 2. The Morgan fingerprint density at radius 3 is 1.63 bits per heavy atom. The summed E-state index contributed by atoms with van der Waals surface area (Å²) in [5, 5.41) is 2.88. The third kappa shape index (κ3) is 2.94. The molecule has 38 heavy (non-hydrogen) atoms. The Balaban J connectivity index is 1.33. The first-order valence-electron chi connectivity index (χ1n) is 12.3. The van der Waals surface area contributed by atoms with Crippen molar-refractivity contribution < 1.29 is 14.4 Å². The summed E-state index contributed by atoms with van der Waals surface area (Å²) in [5.74, 6) is -2.10. The van der Waals surface area contributed by atoms with Crippen molar-refractivity contribution in [2.24, 2.45) is 11.8 Å². The lowest BCUT2D eigenvalue weighted by Crippen LogP contribution is -2.56. The Kier molecular flexibility index (Phi) is 5.10. The first-order valence-corrected chi connectivity index (χ1v) is 13.9. The fourth-order valence-corrected chi connectivity index (χ4v) is 8.74. The summed E-state index contributed by atoms with van der Waals surface area (Å²) in [4.78, 5) is 42.5. The van der Waals surface area contributed by atoms with Crippen molar-refractivity contribution in [3.8, 4) is 0 Å². The van der Waals surface area contributed by atoms with E-state index in [1.807, 2.05) is 54.6 Å². The minimum atomic E-state index is -0.846. The molecule has 1 saturated heterocycles. The number of rotatable bonds is 3. The molecule has 2 bridgehead atoms. The molecule has 1 fully saturated rings. The molecule has 3 aliphatic carbocycles. The van der Waals surface area contributed by atoms with E-state index in [-0.39, 0.29) is 17.7 Å². The minimum Gasteiger partial charge on any atom is -0.322 e. The molecule has 1 heterocycles. The molecule has 4 aromatic carbocycles. The Hall–Kier alpha value is -3.55. The molecule has 5 nitrogen and oxygen atoms in total. The van der Waals surface area contributed by atoms with Crippen LogP contribution in [0.15, 0.2) is 103 Å². The predicted molar refractivity (Wildman–Crippen MR) is 153 cm³/mol. The predicted octanol–water partition coefficient (Wildman–Crippen LogP) is 6.35. The Morgan fingerprint density at radius 1 is 0.658 bits per heavy atom. The highest BCUT2D eigenvalue weighted by Crippen LogP contribution is 2.70. The summed E-state index contributed by atoms with van der Waals surface area (Å²) >= 11 is 8.05. The molecule has 0 aromatic heterocycles. The van der Waals surface area contributed by atoms with Crippen molar-refractivity contribution in [3.63, 3.8) is 0 Å². The Bertz CT molecular complexity index is 1550. The molecule has 4 aliphatic rings. The van der Waals surface area contributed by atoms with Crippen molar-refractivity contribution >= 4 is 61.0 Å². The average Bonchev–Trinajstić information content (AvgIpc) is 3.23. The molecule has 3 amide bonds. The summed E-state index contributed by atoms with van der Waals surface area (Å²) in [5.41, 5.74) is 5.41. The van der Waals surface area contributed by atoms with Crippen LogP contribution in [0.25, 0.3) is 0 Å². The largest absolute Gasteiger partial charge is 0.322 e. The van der Waals surface area contributed by atoms with Crippen LogP contribution in [0.3, 0.4) is 0 Å². The van der Waals surface area contributed by atoms with Crippen molar-refractivity contribution in [1.29, 1.82) is 0 Å². The minimum absolute atomic E-state index is 0.265. The molecule has 0 unspecified atom stereocenters. The summed E-state index contributed by atoms with van der Waals surface area (Å²) in [6, 6.07) is 31.8. The van der Waals surface area contributed by atoms with Crippen LogP contribution >= 0.6 is 31.9 Å². The monoisotopic (exact) mass is 626 g/mol. The average molecular weight is 628 g/mol. The zero-order valence-corrected chi connectivity index (χ0v) is 23.1. The first kappa shape index (κ1) is 23.6. The second-order valence-corrected chi connectivity index (χ2v) is 12.4. The van der Waals surface area contributed by atoms with Gasteiger partial charge in [0.05, 0.1) is 26.2 Å². The van der Waals surface area contributed by atoms with Crippen LogP contribution < -0.4 is 10.2 Å². The molecule has 0 spiro atoms. The maximum Gasteiger partial charge on any atom is 0.255 e. The maximum absolute atomic E-state index is 14.2. The molecule has 4 aromatic rings. The first-order chi connectivity index (χ1) is 18.4. The van der Waals surface area contributed by atoms with Crippen LogP contribution in [0.4, 0.5) is 11.4 Å². The van der Waals surface area contributed by atoms with Gasteiger partial charge in [-0.1, -0.05) is 105 Å². The fraction of sp³-hybridized carbons (Fsp3) is 0.129. The number of anilines is 2. The van der Waals surface area contributed by atoms with E-state index in [0.29, 0.717) is 16.9 Å². The van der Waals surface area contributed by atoms with Gasteiger partial charge in [0.2, 0.25) is 11.8 Å². The normalized spacial score (nSPS) is 26.5. The zero-order chi connectivity index (χ0) is 26.2. The second kappa shape index (κ2) is 8.22. The molecule has 0 saturated carbocycles. The van der Waals surface area contributed by atoms with Gasteiger partial charge in [0.25, 0.3) is 5.91 Å². The van der Waals surface area contributed by atoms with Gasteiger partial charge >= 0.3 is 0 Å². The maximum atomic E-state index is 14.2. The van der Waals surface area contributed by atoms with Crippen molar-refractivity contribution in [2.75, 3.05) is 10.2 Å². The summed E-state index contributed by atoms with van der Waals surface area (Å²) in [7, 11) is 0. The lowest BCUT2D eigenvalue weighted by molar-refractivity contribution is -0.122. The van der Waals surface area contributed by atoms with Crippen molar-refractivity contribution in [3.05, 3.63) is 131 Å². The van der Waals surface area contributed by atoms with E-state index < -0.39 is 20.5 Å². The number of carbonyl (C=O) groups excluding carboxylic acids is 3. The number of halogens is 2. The van der Waals surface area contributed by atoms with Gasteiger partial charge < -0.3 is 5.32 Å². The highest BCUT2D eigenvalue weighted by atomic mass is 79.9. The van der Waals surface area contributed by atoms with Crippen LogP contribution in [-0.2, 0) is 18.2 Å². The van der Waals surface area contributed by atoms with Gasteiger partial charge in [0, 0.05) is 11.3 Å². The number of nitrogens with one attached hydrogen (secondary N) is 1. The number of nitrogens with zero attached hydrogens (tertiary/aromatic N) is 1. The highest BCUT2D eigenvalue weighted by Gasteiger charge is 2.72. The van der Waals surface area contributed by atoms with Gasteiger partial charge in [-0.2, -0.15) is 0 Å². The van der Waals surface area contributed by atoms with Crippen molar-refractivity contribution in [1.82, 2.24) is 0 Å². The Morgan fingerprint density at radius 2 is 1.13 bits per heavy atom. The van der Waals surface area contributed by atoms with Gasteiger partial charge in [-0.15, -0.1) is 0 Å². The summed E-state index contributed by atoms with van der Waals surface area (Å²) < 4.78 is -1.69. The fourth-order valence-electron chi connectivity index (χ4n) is 6.44. The number of hydrogen-bond acceptors (Lipinski definition) is 3. The van der Waals surface area contributed by atoms with Gasteiger partial charge in [-0.3, -0.25) is 14.4 Å². The molecule has 2 atom stereocenters. The van der Waals surface area contributed by atoms with Gasteiger partial charge in [-0.25, -0.2) is 4.90 Å². The topological polar surface area (TPSA) is 66.5 Å². The summed E-state index contributed by atoms with van der Waals surface area (Å²) in [6.45, 7) is 0. The molecular weight excluding hydrogens is 608 g/mol. The number of amides is 3. The van der Waals surface area contributed by atoms with Crippen LogP contribution in [0.1, 0.15) is 32.6 Å². The highest BCUT2D eigenvalue weighted by molar-refractivity contribution is 9.10.